The van der Waals surface area contributed by atoms with Gasteiger partial charge in [0.05, 0.1) is 6.20 Å². The molecule has 4 aromatic rings. The summed E-state index contributed by atoms with van der Waals surface area (Å²) in [6, 6.07) is 14.4. The van der Waals surface area contributed by atoms with E-state index >= 15 is 0 Å². The number of nitrogens with zero attached hydrogens (tertiary/aromatic N) is 4. The smallest absolute Gasteiger partial charge is 0.239 e. The first-order valence-electron chi connectivity index (χ1n) is 9.84. The Bertz CT molecular complexity index is 1210. The van der Waals surface area contributed by atoms with Crippen molar-refractivity contribution < 1.29 is 4.79 Å². The third-order valence-corrected chi connectivity index (χ3v) is 5.90. The molecule has 2 heterocycles. The molecule has 2 unspecified atom stereocenters. The molecule has 2 atom stereocenters. The van der Waals surface area contributed by atoms with Crippen molar-refractivity contribution in [3.8, 4) is 11.4 Å². The summed E-state index contributed by atoms with van der Waals surface area (Å²) in [5.74, 6) is 1.40. The van der Waals surface area contributed by atoms with Gasteiger partial charge in [0.25, 0.3) is 0 Å². The summed E-state index contributed by atoms with van der Waals surface area (Å²) in [4.78, 5) is 16.6. The fourth-order valence-corrected chi connectivity index (χ4v) is 4.38. The fraction of sp³-hybridized carbons (Fsp3) is 0.273. The second-order valence-electron chi connectivity index (χ2n) is 7.72. The number of hydrogen-bond acceptors (Lipinski definition) is 4. The lowest BCUT2D eigenvalue weighted by Gasteiger charge is -2.27. The molecule has 0 fully saturated rings. The minimum absolute atomic E-state index is 0.0252. The van der Waals surface area contributed by atoms with Crippen LogP contribution in [-0.2, 0) is 17.8 Å². The third kappa shape index (κ3) is 3.08. The number of hydrogen-bond donors (Lipinski definition) is 2. The Morgan fingerprint density at radius 2 is 2.07 bits per heavy atom. The van der Waals surface area contributed by atoms with E-state index in [1.165, 1.54) is 16.6 Å². The Kier molecular flexibility index (Phi) is 4.16. The highest BCUT2D eigenvalue weighted by Crippen LogP contribution is 2.41. The number of aromatic amines is 1. The minimum atomic E-state index is -0.423. The predicted molar refractivity (Wildman–Crippen MR) is 110 cm³/mol. The molecule has 3 N–H and O–H groups in total. The van der Waals surface area contributed by atoms with Gasteiger partial charge in [-0.2, -0.15) is 10.2 Å². The second-order valence-corrected chi connectivity index (χ2v) is 7.72. The molecular weight excluding hydrogens is 364 g/mol. The van der Waals surface area contributed by atoms with Crippen molar-refractivity contribution in [2.24, 2.45) is 5.73 Å². The molecule has 7 heteroatoms. The number of amides is 1. The van der Waals surface area contributed by atoms with Crippen LogP contribution < -0.4 is 5.73 Å². The monoisotopic (exact) mass is 386 g/mol. The zero-order valence-electron chi connectivity index (χ0n) is 16.2. The first-order chi connectivity index (χ1) is 14.1. The van der Waals surface area contributed by atoms with Crippen LogP contribution in [0.1, 0.15) is 42.3 Å². The first kappa shape index (κ1) is 17.6. The molecule has 0 bridgehead atoms. The summed E-state index contributed by atoms with van der Waals surface area (Å²) in [6.45, 7) is 2.20. The molecule has 7 nitrogen and oxygen atoms in total. The van der Waals surface area contributed by atoms with Crippen molar-refractivity contribution in [1.29, 1.82) is 0 Å². The molecule has 5 rings (SSSR count). The molecule has 0 saturated carbocycles. The zero-order chi connectivity index (χ0) is 20.0. The van der Waals surface area contributed by atoms with Crippen LogP contribution in [-0.4, -0.2) is 30.9 Å². The standard InChI is InChI=1S/C22H22N6O/c1-13-17(8-9-19-18(13)11-24-26-19)22-25-21(27-28(22)12-20(23)29)16-7-6-14-4-2-3-5-15(14)10-16/h2-7,10-11,13,17H,8-9,12H2,1H3,(H2,23,29)(H,24,26). The molecule has 146 valence electrons. The Balaban J connectivity index is 1.58. The van der Waals surface area contributed by atoms with Crippen molar-refractivity contribution in [3.63, 3.8) is 0 Å². The zero-order valence-corrected chi connectivity index (χ0v) is 16.2. The van der Waals surface area contributed by atoms with Crippen LogP contribution in [0.25, 0.3) is 22.2 Å². The van der Waals surface area contributed by atoms with E-state index in [9.17, 15) is 4.79 Å². The maximum atomic E-state index is 11.7. The molecule has 0 aliphatic heterocycles. The van der Waals surface area contributed by atoms with Crippen LogP contribution in [0.3, 0.4) is 0 Å². The number of aromatic nitrogens is 5. The van der Waals surface area contributed by atoms with E-state index in [1.54, 1.807) is 4.68 Å². The third-order valence-electron chi connectivity index (χ3n) is 5.90. The van der Waals surface area contributed by atoms with Crippen LogP contribution in [0.2, 0.25) is 0 Å². The highest BCUT2D eigenvalue weighted by atomic mass is 16.1. The lowest BCUT2D eigenvalue weighted by atomic mass is 9.78. The van der Waals surface area contributed by atoms with E-state index < -0.39 is 5.91 Å². The topological polar surface area (TPSA) is 102 Å². The van der Waals surface area contributed by atoms with E-state index in [0.29, 0.717) is 5.82 Å². The van der Waals surface area contributed by atoms with Gasteiger partial charge in [0.15, 0.2) is 5.82 Å². The lowest BCUT2D eigenvalue weighted by Crippen LogP contribution is -2.25. The quantitative estimate of drug-likeness (QED) is 0.562. The van der Waals surface area contributed by atoms with Gasteiger partial charge < -0.3 is 5.73 Å². The van der Waals surface area contributed by atoms with Crippen LogP contribution in [0.15, 0.2) is 48.7 Å². The van der Waals surface area contributed by atoms with Crippen LogP contribution in [0.5, 0.6) is 0 Å². The van der Waals surface area contributed by atoms with Crippen LogP contribution in [0.4, 0.5) is 0 Å². The largest absolute Gasteiger partial charge is 0.368 e. The molecule has 2 aromatic heterocycles. The van der Waals surface area contributed by atoms with Crippen molar-refractivity contribution in [1.82, 2.24) is 25.0 Å². The van der Waals surface area contributed by atoms with Crippen molar-refractivity contribution in [2.45, 2.75) is 38.1 Å². The average molecular weight is 386 g/mol. The number of H-pyrrole nitrogens is 1. The Labute approximate surface area is 168 Å². The van der Waals surface area contributed by atoms with Gasteiger partial charge in [-0.15, -0.1) is 0 Å². The average Bonchev–Trinajstić information content (AvgIpc) is 3.35. The summed E-state index contributed by atoms with van der Waals surface area (Å²) in [7, 11) is 0. The number of nitrogens with two attached hydrogens (primary N) is 1. The van der Waals surface area contributed by atoms with Crippen LogP contribution in [0, 0.1) is 0 Å². The Morgan fingerprint density at radius 1 is 1.24 bits per heavy atom. The van der Waals surface area contributed by atoms with Gasteiger partial charge in [0, 0.05) is 17.2 Å². The summed E-state index contributed by atoms with van der Waals surface area (Å²) in [5.41, 5.74) is 8.82. The van der Waals surface area contributed by atoms with E-state index in [-0.39, 0.29) is 18.4 Å². The first-order valence-corrected chi connectivity index (χ1v) is 9.84. The molecule has 0 radical (unpaired) electrons. The molecule has 0 spiro atoms. The predicted octanol–water partition coefficient (Wildman–Crippen LogP) is 3.14. The number of primary amides is 1. The number of aryl methyl sites for hydroxylation is 1. The molecule has 1 aliphatic carbocycles. The highest BCUT2D eigenvalue weighted by Gasteiger charge is 2.33. The number of carbonyl (C=O) groups excluding carboxylic acids is 1. The summed E-state index contributed by atoms with van der Waals surface area (Å²) < 4.78 is 1.68. The maximum Gasteiger partial charge on any atom is 0.239 e. The Morgan fingerprint density at radius 3 is 2.90 bits per heavy atom. The number of rotatable bonds is 4. The molecule has 29 heavy (non-hydrogen) atoms. The number of nitrogens with one attached hydrogen (secondary N) is 1. The molecule has 1 amide bonds. The number of fused-ring (bicyclic) bond motifs is 2. The van der Waals surface area contributed by atoms with Gasteiger partial charge in [-0.05, 0) is 41.2 Å². The van der Waals surface area contributed by atoms with Crippen molar-refractivity contribution in [3.05, 3.63) is 65.7 Å². The van der Waals surface area contributed by atoms with Crippen molar-refractivity contribution >= 4 is 16.7 Å². The maximum absolute atomic E-state index is 11.7. The normalized spacial score (nSPS) is 18.7. The number of carbonyl (C=O) groups is 1. The molecule has 2 aromatic carbocycles. The summed E-state index contributed by atoms with van der Waals surface area (Å²) in [6.07, 6.45) is 3.72. The lowest BCUT2D eigenvalue weighted by molar-refractivity contribution is -0.118. The summed E-state index contributed by atoms with van der Waals surface area (Å²) in [5, 5.41) is 14.2. The Hall–Kier alpha value is -3.48. The van der Waals surface area contributed by atoms with Gasteiger partial charge in [-0.3, -0.25) is 9.89 Å². The van der Waals surface area contributed by atoms with Crippen LogP contribution >= 0.6 is 0 Å². The number of benzene rings is 2. The van der Waals surface area contributed by atoms with Gasteiger partial charge in [-0.1, -0.05) is 43.3 Å². The second kappa shape index (κ2) is 6.84. The van der Waals surface area contributed by atoms with E-state index in [1.807, 2.05) is 24.4 Å². The molecular formula is C22H22N6O. The fourth-order valence-electron chi connectivity index (χ4n) is 4.38. The van der Waals surface area contributed by atoms with E-state index in [4.69, 9.17) is 10.7 Å². The highest BCUT2D eigenvalue weighted by molar-refractivity contribution is 5.86. The van der Waals surface area contributed by atoms with Gasteiger partial charge in [-0.25, -0.2) is 9.67 Å². The molecule has 0 saturated heterocycles. The SMILES string of the molecule is CC1c2cn[nH]c2CCC1c1nc(-c2ccc3ccccc3c2)nn1CC(N)=O. The van der Waals surface area contributed by atoms with Gasteiger partial charge in [0.1, 0.15) is 12.4 Å². The van der Waals surface area contributed by atoms with Gasteiger partial charge in [0.2, 0.25) is 5.91 Å². The van der Waals surface area contributed by atoms with Gasteiger partial charge >= 0.3 is 0 Å². The van der Waals surface area contributed by atoms with Crippen molar-refractivity contribution in [2.75, 3.05) is 0 Å². The molecule has 1 aliphatic rings. The van der Waals surface area contributed by atoms with E-state index in [0.717, 1.165) is 29.6 Å². The summed E-state index contributed by atoms with van der Waals surface area (Å²) >= 11 is 0. The van der Waals surface area contributed by atoms with E-state index in [2.05, 4.69) is 46.5 Å². The minimum Gasteiger partial charge on any atom is -0.368 e.